The maximum Gasteiger partial charge on any atom is 0.245 e. The second-order valence-electron chi connectivity index (χ2n) is 4.67. The molecule has 1 aromatic heterocycles. The Morgan fingerprint density at radius 1 is 1.35 bits per heavy atom. The molecule has 106 valence electrons. The first-order valence-corrected chi connectivity index (χ1v) is 6.64. The minimum Gasteiger partial charge on any atom is -0.362 e. The third-order valence-electron chi connectivity index (χ3n) is 3.07. The summed E-state index contributed by atoms with van der Waals surface area (Å²) in [6.07, 6.45) is 0. The van der Waals surface area contributed by atoms with E-state index in [0.29, 0.717) is 11.6 Å². The number of rotatable bonds is 5. The fraction of sp³-hybridized carbons (Fsp3) is 0.333. The molecule has 1 amide bonds. The zero-order chi connectivity index (χ0) is 14.5. The average Bonchev–Trinajstić information content (AvgIpc) is 2.82. The predicted octanol–water partition coefficient (Wildman–Crippen LogP) is 2.76. The molecule has 1 heterocycles. The van der Waals surface area contributed by atoms with Crippen LogP contribution in [0, 0.1) is 13.8 Å². The first kappa shape index (κ1) is 14.1. The number of para-hydroxylation sites is 1. The van der Waals surface area contributed by atoms with E-state index in [-0.39, 0.29) is 12.5 Å². The average molecular weight is 273 g/mol. The van der Waals surface area contributed by atoms with E-state index in [9.17, 15) is 4.79 Å². The highest BCUT2D eigenvalue weighted by Crippen LogP contribution is 2.19. The molecule has 0 aliphatic carbocycles. The molecule has 1 N–H and O–H groups in total. The summed E-state index contributed by atoms with van der Waals surface area (Å²) in [6, 6.07) is 9.72. The number of carbonyl (C=O) groups is 1. The summed E-state index contributed by atoms with van der Waals surface area (Å²) < 4.78 is 4.92. The number of likely N-dealkylation sites (N-methyl/N-ethyl adjacent to an activating group) is 1. The number of aromatic nitrogens is 1. The fourth-order valence-corrected chi connectivity index (χ4v) is 2.07. The van der Waals surface area contributed by atoms with Gasteiger partial charge in [-0.15, -0.1) is 0 Å². The molecule has 0 unspecified atom stereocenters. The van der Waals surface area contributed by atoms with E-state index >= 15 is 0 Å². The minimum absolute atomic E-state index is 0.108. The van der Waals surface area contributed by atoms with Crippen molar-refractivity contribution in [3.63, 3.8) is 0 Å². The first-order valence-electron chi connectivity index (χ1n) is 6.64. The van der Waals surface area contributed by atoms with Crippen LogP contribution in [0.4, 0.5) is 11.5 Å². The van der Waals surface area contributed by atoms with Crippen LogP contribution in [0.1, 0.15) is 18.2 Å². The lowest BCUT2D eigenvalue weighted by Gasteiger charge is -2.23. The van der Waals surface area contributed by atoms with E-state index in [4.69, 9.17) is 4.52 Å². The van der Waals surface area contributed by atoms with Crippen molar-refractivity contribution in [2.75, 3.05) is 23.3 Å². The van der Waals surface area contributed by atoms with Crippen molar-refractivity contribution in [2.24, 2.45) is 0 Å². The summed E-state index contributed by atoms with van der Waals surface area (Å²) in [4.78, 5) is 14.1. The van der Waals surface area contributed by atoms with Crippen LogP contribution in [-0.2, 0) is 4.79 Å². The van der Waals surface area contributed by atoms with E-state index in [1.54, 1.807) is 13.0 Å². The highest BCUT2D eigenvalue weighted by Gasteiger charge is 2.13. The molecule has 1 aromatic carbocycles. The zero-order valence-corrected chi connectivity index (χ0v) is 12.0. The summed E-state index contributed by atoms with van der Waals surface area (Å²) in [5, 5.41) is 6.48. The van der Waals surface area contributed by atoms with E-state index in [1.807, 2.05) is 43.0 Å². The van der Waals surface area contributed by atoms with Crippen LogP contribution in [0.25, 0.3) is 0 Å². The number of aryl methyl sites for hydroxylation is 2. The SMILES string of the molecule is CCN(CC(=O)Nc1cc(C)on1)c1ccccc1C. The van der Waals surface area contributed by atoms with E-state index in [1.165, 1.54) is 0 Å². The first-order chi connectivity index (χ1) is 9.60. The van der Waals surface area contributed by atoms with Crippen molar-refractivity contribution >= 4 is 17.4 Å². The molecule has 2 aromatic rings. The topological polar surface area (TPSA) is 58.4 Å². The van der Waals surface area contributed by atoms with Crippen molar-refractivity contribution < 1.29 is 9.32 Å². The van der Waals surface area contributed by atoms with Gasteiger partial charge in [0, 0.05) is 18.3 Å². The molecule has 5 heteroatoms. The van der Waals surface area contributed by atoms with Crippen molar-refractivity contribution in [1.82, 2.24) is 5.16 Å². The van der Waals surface area contributed by atoms with Gasteiger partial charge in [0.2, 0.25) is 5.91 Å². The number of carbonyl (C=O) groups excluding carboxylic acids is 1. The minimum atomic E-state index is -0.108. The summed E-state index contributed by atoms with van der Waals surface area (Å²) in [7, 11) is 0. The Morgan fingerprint density at radius 2 is 2.10 bits per heavy atom. The maximum absolute atomic E-state index is 12.0. The molecule has 0 aliphatic heterocycles. The lowest BCUT2D eigenvalue weighted by atomic mass is 10.2. The Bertz CT molecular complexity index is 592. The third kappa shape index (κ3) is 3.38. The van der Waals surface area contributed by atoms with Crippen molar-refractivity contribution in [2.45, 2.75) is 20.8 Å². The number of anilines is 2. The number of nitrogens with zero attached hydrogens (tertiary/aromatic N) is 2. The highest BCUT2D eigenvalue weighted by atomic mass is 16.5. The summed E-state index contributed by atoms with van der Waals surface area (Å²) in [5.41, 5.74) is 2.22. The smallest absolute Gasteiger partial charge is 0.245 e. The van der Waals surface area contributed by atoms with Gasteiger partial charge in [0.1, 0.15) is 5.76 Å². The molecule has 0 saturated heterocycles. The van der Waals surface area contributed by atoms with E-state index in [0.717, 1.165) is 17.8 Å². The summed E-state index contributed by atoms with van der Waals surface area (Å²) >= 11 is 0. The molecule has 0 aliphatic rings. The number of amides is 1. The monoisotopic (exact) mass is 273 g/mol. The van der Waals surface area contributed by atoms with Gasteiger partial charge >= 0.3 is 0 Å². The van der Waals surface area contributed by atoms with Gasteiger partial charge in [0.15, 0.2) is 5.82 Å². The molecule has 5 nitrogen and oxygen atoms in total. The highest BCUT2D eigenvalue weighted by molar-refractivity contribution is 5.93. The van der Waals surface area contributed by atoms with Gasteiger partial charge in [-0.3, -0.25) is 4.79 Å². The zero-order valence-electron chi connectivity index (χ0n) is 12.0. The van der Waals surface area contributed by atoms with Crippen molar-refractivity contribution in [1.29, 1.82) is 0 Å². The van der Waals surface area contributed by atoms with Crippen LogP contribution < -0.4 is 10.2 Å². The molecule has 0 spiro atoms. The largest absolute Gasteiger partial charge is 0.362 e. The molecule has 0 saturated carbocycles. The molecule has 2 rings (SSSR count). The van der Waals surface area contributed by atoms with Crippen LogP contribution in [-0.4, -0.2) is 24.2 Å². The molecular weight excluding hydrogens is 254 g/mol. The molecular formula is C15H19N3O2. The second-order valence-corrected chi connectivity index (χ2v) is 4.67. The summed E-state index contributed by atoms with van der Waals surface area (Å²) in [6.45, 7) is 6.90. The third-order valence-corrected chi connectivity index (χ3v) is 3.07. The van der Waals surface area contributed by atoms with Crippen LogP contribution in [0.3, 0.4) is 0 Å². The Balaban J connectivity index is 2.03. The quantitative estimate of drug-likeness (QED) is 0.910. The van der Waals surface area contributed by atoms with Crippen molar-refractivity contribution in [3.8, 4) is 0 Å². The fourth-order valence-electron chi connectivity index (χ4n) is 2.07. The number of hydrogen-bond donors (Lipinski definition) is 1. The van der Waals surface area contributed by atoms with Crippen LogP contribution in [0.15, 0.2) is 34.9 Å². The van der Waals surface area contributed by atoms with Crippen LogP contribution >= 0.6 is 0 Å². The van der Waals surface area contributed by atoms with Gasteiger partial charge in [-0.2, -0.15) is 0 Å². The lowest BCUT2D eigenvalue weighted by molar-refractivity contribution is -0.115. The standard InChI is InChI=1S/C15H19N3O2/c1-4-18(13-8-6-5-7-11(13)2)10-15(19)16-14-9-12(3)20-17-14/h5-9H,4,10H2,1-3H3,(H,16,17,19). The maximum atomic E-state index is 12.0. The Kier molecular flexibility index (Phi) is 4.40. The van der Waals surface area contributed by atoms with E-state index < -0.39 is 0 Å². The van der Waals surface area contributed by atoms with Gasteiger partial charge in [0.05, 0.1) is 6.54 Å². The predicted molar refractivity (Wildman–Crippen MR) is 78.9 cm³/mol. The molecule has 0 radical (unpaired) electrons. The lowest BCUT2D eigenvalue weighted by Crippen LogP contribution is -2.33. The Morgan fingerprint density at radius 3 is 2.70 bits per heavy atom. The second kappa shape index (κ2) is 6.23. The molecule has 0 bridgehead atoms. The van der Waals surface area contributed by atoms with Crippen LogP contribution in [0.5, 0.6) is 0 Å². The number of hydrogen-bond acceptors (Lipinski definition) is 4. The van der Waals surface area contributed by atoms with Gasteiger partial charge in [-0.1, -0.05) is 23.4 Å². The molecule has 0 atom stereocenters. The van der Waals surface area contributed by atoms with Gasteiger partial charge in [0.25, 0.3) is 0 Å². The molecule has 20 heavy (non-hydrogen) atoms. The van der Waals surface area contributed by atoms with E-state index in [2.05, 4.69) is 10.5 Å². The van der Waals surface area contributed by atoms with Crippen molar-refractivity contribution in [3.05, 3.63) is 41.7 Å². The van der Waals surface area contributed by atoms with Gasteiger partial charge < -0.3 is 14.7 Å². The Hall–Kier alpha value is -2.30. The normalized spacial score (nSPS) is 10.3. The molecule has 0 fully saturated rings. The Labute approximate surface area is 118 Å². The summed E-state index contributed by atoms with van der Waals surface area (Å²) in [5.74, 6) is 1.02. The van der Waals surface area contributed by atoms with Gasteiger partial charge in [-0.25, -0.2) is 0 Å². The number of benzene rings is 1. The van der Waals surface area contributed by atoms with Crippen LogP contribution in [0.2, 0.25) is 0 Å². The number of nitrogens with one attached hydrogen (secondary N) is 1. The van der Waals surface area contributed by atoms with Gasteiger partial charge in [-0.05, 0) is 32.4 Å².